The molecule has 4 aromatic carbocycles. The molecule has 44 heavy (non-hydrogen) atoms. The van der Waals surface area contributed by atoms with Crippen molar-refractivity contribution in [1.29, 1.82) is 0 Å². The van der Waals surface area contributed by atoms with Gasteiger partial charge in [-0.05, 0) is 78.4 Å². The van der Waals surface area contributed by atoms with Gasteiger partial charge in [-0.3, -0.25) is 4.79 Å². The van der Waals surface area contributed by atoms with E-state index < -0.39 is 0 Å². The van der Waals surface area contributed by atoms with Crippen LogP contribution >= 0.6 is 0 Å². The summed E-state index contributed by atoms with van der Waals surface area (Å²) in [5.74, 6) is 0.359. The van der Waals surface area contributed by atoms with Crippen LogP contribution in [0.4, 0.5) is 17.3 Å². The van der Waals surface area contributed by atoms with Crippen molar-refractivity contribution < 1.29 is 4.79 Å². The Balaban J connectivity index is 1.05. The quantitative estimate of drug-likeness (QED) is 0.203. The summed E-state index contributed by atoms with van der Waals surface area (Å²) in [5.41, 5.74) is 10.0. The molecule has 216 valence electrons. The van der Waals surface area contributed by atoms with E-state index in [9.17, 15) is 4.79 Å². The number of amides is 1. The van der Waals surface area contributed by atoms with Crippen molar-refractivity contribution in [2.45, 2.75) is 26.3 Å². The van der Waals surface area contributed by atoms with E-state index in [0.717, 1.165) is 65.0 Å². The SMILES string of the molecule is Cc1ccc(CN2C=C3CC=CC=C3CC2)cc1NC(=O)c1ccc(Nc2nc(-c3ccccc3)c3ccccc3n2)cc1. The third-order valence-corrected chi connectivity index (χ3v) is 8.18. The number of benzene rings is 4. The summed E-state index contributed by atoms with van der Waals surface area (Å²) in [6, 6.07) is 31.8. The third-order valence-electron chi connectivity index (χ3n) is 8.18. The molecular weight excluding hydrogens is 542 g/mol. The van der Waals surface area contributed by atoms with Crippen molar-refractivity contribution in [2.24, 2.45) is 0 Å². The van der Waals surface area contributed by atoms with Crippen molar-refractivity contribution in [3.63, 3.8) is 0 Å². The maximum Gasteiger partial charge on any atom is 0.255 e. The van der Waals surface area contributed by atoms with Gasteiger partial charge >= 0.3 is 0 Å². The van der Waals surface area contributed by atoms with Gasteiger partial charge in [0.05, 0.1) is 11.2 Å². The number of rotatable bonds is 7. The van der Waals surface area contributed by atoms with Gasteiger partial charge in [-0.25, -0.2) is 9.97 Å². The largest absolute Gasteiger partial charge is 0.372 e. The second-order valence-corrected chi connectivity index (χ2v) is 11.3. The molecule has 5 aromatic rings. The van der Waals surface area contributed by atoms with Crippen LogP contribution in [0.25, 0.3) is 22.2 Å². The summed E-state index contributed by atoms with van der Waals surface area (Å²) in [4.78, 5) is 25.2. The summed E-state index contributed by atoms with van der Waals surface area (Å²) < 4.78 is 0. The molecule has 1 amide bonds. The number of para-hydroxylation sites is 1. The molecule has 0 saturated heterocycles. The van der Waals surface area contributed by atoms with Crippen LogP contribution in [-0.2, 0) is 6.54 Å². The van der Waals surface area contributed by atoms with Crippen LogP contribution in [0, 0.1) is 6.92 Å². The molecule has 2 N–H and O–H groups in total. The van der Waals surface area contributed by atoms with E-state index in [-0.39, 0.29) is 5.91 Å². The smallest absolute Gasteiger partial charge is 0.255 e. The Labute approximate surface area is 257 Å². The van der Waals surface area contributed by atoms with Crippen LogP contribution in [-0.4, -0.2) is 27.3 Å². The van der Waals surface area contributed by atoms with Gasteiger partial charge in [0.25, 0.3) is 5.91 Å². The lowest BCUT2D eigenvalue weighted by molar-refractivity contribution is 0.102. The standard InChI is InChI=1S/C38H33N5O/c1-26-15-16-27(24-43-22-21-28-9-5-6-12-31(28)25-43)23-35(26)40-37(44)30-17-19-32(20-18-30)39-38-41-34-14-8-7-13-33(34)36(42-38)29-10-3-2-4-11-29/h2-11,13-20,23,25H,12,21-22,24H2,1H3,(H,40,44)(H,39,41,42). The van der Waals surface area contributed by atoms with E-state index in [1.165, 1.54) is 16.7 Å². The number of anilines is 3. The molecule has 6 heteroatoms. The van der Waals surface area contributed by atoms with Gasteiger partial charge in [0.2, 0.25) is 5.95 Å². The zero-order valence-electron chi connectivity index (χ0n) is 24.6. The number of hydrogen-bond acceptors (Lipinski definition) is 5. The van der Waals surface area contributed by atoms with Crippen LogP contribution in [0.15, 0.2) is 133 Å². The lowest BCUT2D eigenvalue weighted by Crippen LogP contribution is -2.24. The van der Waals surface area contributed by atoms with Crippen molar-refractivity contribution in [3.05, 3.63) is 149 Å². The van der Waals surface area contributed by atoms with Crippen molar-refractivity contribution in [1.82, 2.24) is 14.9 Å². The molecule has 1 aliphatic heterocycles. The first kappa shape index (κ1) is 27.3. The number of nitrogens with one attached hydrogen (secondary N) is 2. The Morgan fingerprint density at radius 3 is 2.57 bits per heavy atom. The normalized spacial score (nSPS) is 14.1. The van der Waals surface area contributed by atoms with E-state index in [1.807, 2.05) is 73.7 Å². The maximum atomic E-state index is 13.3. The summed E-state index contributed by atoms with van der Waals surface area (Å²) in [6.07, 6.45) is 10.9. The lowest BCUT2D eigenvalue weighted by Gasteiger charge is -2.29. The van der Waals surface area contributed by atoms with E-state index >= 15 is 0 Å². The second kappa shape index (κ2) is 12.0. The Bertz CT molecular complexity index is 1940. The number of carbonyl (C=O) groups is 1. The van der Waals surface area contributed by atoms with Gasteiger partial charge in [-0.1, -0.05) is 78.9 Å². The van der Waals surface area contributed by atoms with E-state index in [2.05, 4.69) is 70.3 Å². The highest BCUT2D eigenvalue weighted by atomic mass is 16.1. The van der Waals surface area contributed by atoms with E-state index in [4.69, 9.17) is 9.97 Å². The number of fused-ring (bicyclic) bond motifs is 2. The molecule has 7 rings (SSSR count). The average Bonchev–Trinajstić information content (AvgIpc) is 3.06. The number of hydrogen-bond donors (Lipinski definition) is 2. The number of aryl methyl sites for hydroxylation is 1. The molecule has 0 radical (unpaired) electrons. The zero-order chi connectivity index (χ0) is 29.9. The number of nitrogens with zero attached hydrogens (tertiary/aromatic N) is 3. The first-order chi connectivity index (χ1) is 21.6. The molecule has 2 aliphatic rings. The summed E-state index contributed by atoms with van der Waals surface area (Å²) >= 11 is 0. The molecule has 6 nitrogen and oxygen atoms in total. The fraction of sp³-hybridized carbons (Fsp3) is 0.132. The molecule has 0 bridgehead atoms. The Morgan fingerprint density at radius 1 is 0.886 bits per heavy atom. The summed E-state index contributed by atoms with van der Waals surface area (Å²) in [7, 11) is 0. The molecule has 0 atom stereocenters. The van der Waals surface area contributed by atoms with Gasteiger partial charge in [0.15, 0.2) is 0 Å². The Kier molecular flexibility index (Phi) is 7.47. The van der Waals surface area contributed by atoms with Crippen LogP contribution in [0.5, 0.6) is 0 Å². The monoisotopic (exact) mass is 575 g/mol. The topological polar surface area (TPSA) is 70.2 Å². The predicted octanol–water partition coefficient (Wildman–Crippen LogP) is 8.58. The number of carbonyl (C=O) groups excluding carboxylic acids is 1. The molecule has 0 unspecified atom stereocenters. The van der Waals surface area contributed by atoms with Crippen LogP contribution in [0.1, 0.15) is 34.3 Å². The van der Waals surface area contributed by atoms with E-state index in [0.29, 0.717) is 11.5 Å². The third kappa shape index (κ3) is 5.88. The van der Waals surface area contributed by atoms with Gasteiger partial charge in [-0.2, -0.15) is 0 Å². The molecule has 1 aliphatic carbocycles. The molecule has 1 aromatic heterocycles. The Hall–Kier alpha value is -5.49. The van der Waals surface area contributed by atoms with Crippen molar-refractivity contribution in [2.75, 3.05) is 17.2 Å². The van der Waals surface area contributed by atoms with Crippen LogP contribution in [0.2, 0.25) is 0 Å². The average molecular weight is 576 g/mol. The summed E-state index contributed by atoms with van der Waals surface area (Å²) in [6.45, 7) is 3.83. The molecule has 0 saturated carbocycles. The highest BCUT2D eigenvalue weighted by Gasteiger charge is 2.17. The molecular formula is C38H33N5O. The highest BCUT2D eigenvalue weighted by molar-refractivity contribution is 6.05. The minimum atomic E-state index is -0.144. The fourth-order valence-electron chi connectivity index (χ4n) is 5.78. The Morgan fingerprint density at radius 2 is 1.70 bits per heavy atom. The zero-order valence-corrected chi connectivity index (χ0v) is 24.6. The predicted molar refractivity (Wildman–Crippen MR) is 179 cm³/mol. The molecule has 2 heterocycles. The van der Waals surface area contributed by atoms with Gasteiger partial charge in [0, 0.05) is 47.2 Å². The van der Waals surface area contributed by atoms with Gasteiger partial charge in [0.1, 0.15) is 0 Å². The lowest BCUT2D eigenvalue weighted by atomic mass is 9.93. The minimum Gasteiger partial charge on any atom is -0.372 e. The first-order valence-corrected chi connectivity index (χ1v) is 15.0. The number of aromatic nitrogens is 2. The van der Waals surface area contributed by atoms with Gasteiger partial charge in [-0.15, -0.1) is 0 Å². The second-order valence-electron chi connectivity index (χ2n) is 11.3. The fourth-order valence-corrected chi connectivity index (χ4v) is 5.78. The van der Waals surface area contributed by atoms with Gasteiger partial charge < -0.3 is 15.5 Å². The van der Waals surface area contributed by atoms with Crippen molar-refractivity contribution >= 4 is 34.1 Å². The minimum absolute atomic E-state index is 0.144. The van der Waals surface area contributed by atoms with Crippen molar-refractivity contribution in [3.8, 4) is 11.3 Å². The molecule has 0 spiro atoms. The highest BCUT2D eigenvalue weighted by Crippen LogP contribution is 2.30. The summed E-state index contributed by atoms with van der Waals surface area (Å²) in [5, 5.41) is 7.45. The molecule has 0 fully saturated rings. The van der Waals surface area contributed by atoms with E-state index in [1.54, 1.807) is 0 Å². The first-order valence-electron chi connectivity index (χ1n) is 15.0. The number of allylic oxidation sites excluding steroid dienone is 4. The van der Waals surface area contributed by atoms with Crippen LogP contribution < -0.4 is 10.6 Å². The van der Waals surface area contributed by atoms with Crippen LogP contribution in [0.3, 0.4) is 0 Å². The maximum absolute atomic E-state index is 13.3.